The van der Waals surface area contributed by atoms with Crippen molar-refractivity contribution in [2.45, 2.75) is 112 Å². The lowest BCUT2D eigenvalue weighted by Gasteiger charge is -2.64. The van der Waals surface area contributed by atoms with Crippen molar-refractivity contribution < 1.29 is 28.6 Å². The molecular formula is C30H48O6. The number of carbonyl (C=O) groups excluding carboxylic acids is 3. The molecule has 36 heavy (non-hydrogen) atoms. The van der Waals surface area contributed by atoms with E-state index in [4.69, 9.17) is 14.2 Å². The number of methoxy groups -OCH3 is 1. The number of rotatable bonds is 6. The molecule has 4 aliphatic carbocycles. The fourth-order valence-electron chi connectivity index (χ4n) is 9.68. The highest BCUT2D eigenvalue weighted by molar-refractivity contribution is 5.69. The molecule has 6 nitrogen and oxygen atoms in total. The molecule has 4 saturated carbocycles. The number of ether oxygens (including phenoxy) is 3. The average molecular weight is 505 g/mol. The number of hydrogen-bond donors (Lipinski definition) is 0. The number of fused-ring (bicyclic) bond motifs is 5. The Morgan fingerprint density at radius 1 is 0.944 bits per heavy atom. The second-order valence-corrected chi connectivity index (χ2v) is 13.2. The zero-order valence-corrected chi connectivity index (χ0v) is 23.5. The zero-order valence-electron chi connectivity index (χ0n) is 23.5. The standard InChI is InChI=1S/C30H48O6/c1-17-12-13-29(5)21(14-17)15-25(35-19(3)31)28-23-10-9-22(18(2)8-11-27(33)34-7)30(23,6)26(16-24(28)29)36-20(4)32/h17-18,21-26,28H,8-16H2,1-7H3/t17-,18?,21+,22?,23?,24?,25?,26+,28?,29+,30-/m1/s1. The van der Waals surface area contributed by atoms with Crippen molar-refractivity contribution in [2.75, 3.05) is 7.11 Å². The van der Waals surface area contributed by atoms with Crippen molar-refractivity contribution in [2.24, 2.45) is 52.3 Å². The minimum atomic E-state index is -0.211. The second kappa shape index (κ2) is 10.3. The first-order chi connectivity index (χ1) is 16.9. The third-order valence-corrected chi connectivity index (χ3v) is 11.4. The summed E-state index contributed by atoms with van der Waals surface area (Å²) >= 11 is 0. The van der Waals surface area contributed by atoms with Crippen molar-refractivity contribution in [1.29, 1.82) is 0 Å². The van der Waals surface area contributed by atoms with Crippen LogP contribution in [-0.2, 0) is 28.6 Å². The fourth-order valence-corrected chi connectivity index (χ4v) is 9.68. The highest BCUT2D eigenvalue weighted by Gasteiger charge is 2.67. The zero-order chi connectivity index (χ0) is 26.4. The Hall–Kier alpha value is -1.59. The van der Waals surface area contributed by atoms with Crippen molar-refractivity contribution in [1.82, 2.24) is 0 Å². The molecule has 11 atom stereocenters. The minimum absolute atomic E-state index is 0.0670. The van der Waals surface area contributed by atoms with Crippen LogP contribution in [0.5, 0.6) is 0 Å². The van der Waals surface area contributed by atoms with Gasteiger partial charge < -0.3 is 14.2 Å². The van der Waals surface area contributed by atoms with E-state index in [1.54, 1.807) is 6.92 Å². The Balaban J connectivity index is 1.71. The summed E-state index contributed by atoms with van der Waals surface area (Å²) in [6.45, 7) is 12.5. The van der Waals surface area contributed by atoms with Crippen LogP contribution in [0.3, 0.4) is 0 Å². The largest absolute Gasteiger partial charge is 0.469 e. The molecule has 0 radical (unpaired) electrons. The van der Waals surface area contributed by atoms with Crippen molar-refractivity contribution >= 4 is 17.9 Å². The quantitative estimate of drug-likeness (QED) is 0.328. The van der Waals surface area contributed by atoms with Gasteiger partial charge in [-0.25, -0.2) is 0 Å². The Morgan fingerprint density at radius 3 is 2.28 bits per heavy atom. The van der Waals surface area contributed by atoms with Crippen LogP contribution in [0.15, 0.2) is 0 Å². The smallest absolute Gasteiger partial charge is 0.305 e. The molecule has 0 aliphatic heterocycles. The predicted octanol–water partition coefficient (Wildman–Crippen LogP) is 5.95. The molecule has 6 heteroatoms. The maximum Gasteiger partial charge on any atom is 0.305 e. The van der Waals surface area contributed by atoms with E-state index in [-0.39, 0.29) is 46.9 Å². The first-order valence-electron chi connectivity index (χ1n) is 14.3. The topological polar surface area (TPSA) is 78.9 Å². The van der Waals surface area contributed by atoms with Crippen LogP contribution >= 0.6 is 0 Å². The second-order valence-electron chi connectivity index (χ2n) is 13.2. The molecule has 0 N–H and O–H groups in total. The molecule has 0 aromatic heterocycles. The predicted molar refractivity (Wildman–Crippen MR) is 137 cm³/mol. The van der Waals surface area contributed by atoms with E-state index >= 15 is 0 Å². The summed E-state index contributed by atoms with van der Waals surface area (Å²) in [5, 5.41) is 0. The summed E-state index contributed by atoms with van der Waals surface area (Å²) in [6, 6.07) is 0. The van der Waals surface area contributed by atoms with Gasteiger partial charge in [-0.2, -0.15) is 0 Å². The molecule has 0 bridgehead atoms. The summed E-state index contributed by atoms with van der Waals surface area (Å²) in [4.78, 5) is 36.6. The molecule has 4 fully saturated rings. The molecule has 0 amide bonds. The maximum atomic E-state index is 12.4. The van der Waals surface area contributed by atoms with Crippen molar-refractivity contribution in [3.05, 3.63) is 0 Å². The fraction of sp³-hybridized carbons (Fsp3) is 0.900. The van der Waals surface area contributed by atoms with Gasteiger partial charge in [0.2, 0.25) is 0 Å². The normalized spacial score (nSPS) is 44.4. The van der Waals surface area contributed by atoms with E-state index in [1.165, 1.54) is 33.3 Å². The first-order valence-corrected chi connectivity index (χ1v) is 14.3. The Kier molecular flexibility index (Phi) is 7.84. The van der Waals surface area contributed by atoms with E-state index in [1.807, 2.05) is 0 Å². The Bertz CT molecular complexity index is 854. The number of esters is 3. The van der Waals surface area contributed by atoms with Crippen LogP contribution in [0.25, 0.3) is 0 Å². The van der Waals surface area contributed by atoms with Gasteiger partial charge in [0, 0.05) is 31.6 Å². The summed E-state index contributed by atoms with van der Waals surface area (Å²) in [6.07, 6.45) is 8.48. The lowest BCUT2D eigenvalue weighted by atomic mass is 9.42. The third kappa shape index (κ3) is 4.71. The molecule has 0 saturated heterocycles. The van der Waals surface area contributed by atoms with Gasteiger partial charge in [-0.05, 0) is 85.9 Å². The Labute approximate surface area is 217 Å². The summed E-state index contributed by atoms with van der Waals surface area (Å²) in [5.74, 6) is 2.30. The number of hydrogen-bond acceptors (Lipinski definition) is 6. The summed E-state index contributed by atoms with van der Waals surface area (Å²) in [5.41, 5.74) is -0.0198. The lowest BCUT2D eigenvalue weighted by Crippen LogP contribution is -2.63. The SMILES string of the molecule is COC(=O)CCC(C)C1CCC2C3C(OC(C)=O)C[C@@H]4C[C@H](C)CC[C@]4(C)C3C[C@H](OC(C)=O)[C@]12C. The molecule has 0 spiro atoms. The van der Waals surface area contributed by atoms with Crippen molar-refractivity contribution in [3.63, 3.8) is 0 Å². The highest BCUT2D eigenvalue weighted by atomic mass is 16.5. The lowest BCUT2D eigenvalue weighted by molar-refractivity contribution is -0.221. The van der Waals surface area contributed by atoms with Gasteiger partial charge in [0.25, 0.3) is 0 Å². The van der Waals surface area contributed by atoms with E-state index in [2.05, 4.69) is 27.7 Å². The molecule has 204 valence electrons. The molecule has 0 heterocycles. The molecular weight excluding hydrogens is 456 g/mol. The molecule has 4 rings (SSSR count). The van der Waals surface area contributed by atoms with Crippen LogP contribution in [-0.4, -0.2) is 37.2 Å². The first kappa shape index (κ1) is 27.4. The van der Waals surface area contributed by atoms with E-state index in [0.29, 0.717) is 41.9 Å². The van der Waals surface area contributed by atoms with Gasteiger partial charge in [-0.3, -0.25) is 14.4 Å². The maximum absolute atomic E-state index is 12.4. The van der Waals surface area contributed by atoms with Crippen LogP contribution in [0.2, 0.25) is 0 Å². The molecule has 0 aromatic carbocycles. The van der Waals surface area contributed by atoms with Gasteiger partial charge in [0.05, 0.1) is 7.11 Å². The van der Waals surface area contributed by atoms with E-state index in [0.717, 1.165) is 32.1 Å². The van der Waals surface area contributed by atoms with Gasteiger partial charge in [-0.15, -0.1) is 0 Å². The van der Waals surface area contributed by atoms with E-state index in [9.17, 15) is 14.4 Å². The monoisotopic (exact) mass is 504 g/mol. The summed E-state index contributed by atoms with van der Waals surface area (Å²) < 4.78 is 17.3. The molecule has 6 unspecified atom stereocenters. The van der Waals surface area contributed by atoms with Gasteiger partial charge in [0.1, 0.15) is 12.2 Å². The van der Waals surface area contributed by atoms with Crippen LogP contribution < -0.4 is 0 Å². The highest BCUT2D eigenvalue weighted by Crippen LogP contribution is 2.69. The minimum Gasteiger partial charge on any atom is -0.469 e. The molecule has 4 aliphatic rings. The number of carbonyl (C=O) groups is 3. The van der Waals surface area contributed by atoms with Crippen LogP contribution in [0.4, 0.5) is 0 Å². The van der Waals surface area contributed by atoms with Gasteiger partial charge in [0.15, 0.2) is 0 Å². The van der Waals surface area contributed by atoms with Gasteiger partial charge in [-0.1, -0.05) is 34.1 Å². The third-order valence-electron chi connectivity index (χ3n) is 11.4. The Morgan fingerprint density at radius 2 is 1.64 bits per heavy atom. The van der Waals surface area contributed by atoms with E-state index < -0.39 is 0 Å². The van der Waals surface area contributed by atoms with Crippen molar-refractivity contribution in [3.8, 4) is 0 Å². The van der Waals surface area contributed by atoms with Crippen LogP contribution in [0.1, 0.15) is 99.3 Å². The molecule has 0 aromatic rings. The average Bonchev–Trinajstić information content (AvgIpc) is 3.16. The van der Waals surface area contributed by atoms with Gasteiger partial charge >= 0.3 is 17.9 Å². The van der Waals surface area contributed by atoms with Crippen LogP contribution in [0, 0.1) is 52.3 Å². The summed E-state index contributed by atoms with van der Waals surface area (Å²) in [7, 11) is 1.44.